The summed E-state index contributed by atoms with van der Waals surface area (Å²) in [5, 5.41) is 2.10. The number of urea groups is 1. The summed E-state index contributed by atoms with van der Waals surface area (Å²) in [6, 6.07) is 19.8. The Morgan fingerprint density at radius 2 is 1.70 bits per heavy atom. The van der Waals surface area contributed by atoms with Crippen molar-refractivity contribution in [3.8, 4) is 0 Å². The lowest BCUT2D eigenvalue weighted by Crippen LogP contribution is -2.56. The van der Waals surface area contributed by atoms with Crippen LogP contribution >= 0.6 is 11.3 Å². The van der Waals surface area contributed by atoms with Gasteiger partial charge in [-0.05, 0) is 48.4 Å². The molecule has 0 radical (unpaired) electrons. The Bertz CT molecular complexity index is 1080. The minimum absolute atomic E-state index is 0.0676. The van der Waals surface area contributed by atoms with Crippen LogP contribution in [0.1, 0.15) is 29.0 Å². The highest BCUT2D eigenvalue weighted by molar-refractivity contribution is 7.09. The van der Waals surface area contributed by atoms with Crippen LogP contribution in [0.5, 0.6) is 0 Å². The Morgan fingerprint density at radius 3 is 2.39 bits per heavy atom. The Kier molecular flexibility index (Phi) is 6.24. The van der Waals surface area contributed by atoms with Crippen molar-refractivity contribution in [2.75, 3.05) is 19.6 Å². The van der Waals surface area contributed by atoms with Crippen LogP contribution in [-0.2, 0) is 24.3 Å². The molecule has 170 valence electrons. The number of likely N-dealkylation sites (tertiary alicyclic amines) is 1. The van der Waals surface area contributed by atoms with Crippen LogP contribution in [0.25, 0.3) is 0 Å². The molecule has 1 spiro atoms. The molecule has 0 saturated carbocycles. The molecule has 0 bridgehead atoms. The zero-order valence-corrected chi connectivity index (χ0v) is 19.4. The number of amides is 3. The van der Waals surface area contributed by atoms with Crippen molar-refractivity contribution in [2.24, 2.45) is 0 Å². The maximum atomic E-state index is 13.8. The number of aromatic nitrogens is 1. The summed E-state index contributed by atoms with van der Waals surface area (Å²) < 4.78 is 0. The molecule has 7 heteroatoms. The van der Waals surface area contributed by atoms with Gasteiger partial charge in [-0.25, -0.2) is 4.79 Å². The summed E-state index contributed by atoms with van der Waals surface area (Å²) in [6.07, 6.45) is 3.76. The summed E-state index contributed by atoms with van der Waals surface area (Å²) in [5.74, 6) is -0.0676. The number of pyridine rings is 1. The normalized spacial score (nSPS) is 18.4. The van der Waals surface area contributed by atoms with E-state index in [1.54, 1.807) is 17.5 Å². The first kappa shape index (κ1) is 21.8. The fourth-order valence-electron chi connectivity index (χ4n) is 4.96. The van der Waals surface area contributed by atoms with Gasteiger partial charge in [0.15, 0.2) is 0 Å². The van der Waals surface area contributed by atoms with E-state index in [1.807, 2.05) is 41.3 Å². The lowest BCUT2D eigenvalue weighted by molar-refractivity contribution is -0.136. The Hall–Kier alpha value is -3.03. The van der Waals surface area contributed by atoms with Crippen LogP contribution in [0.3, 0.4) is 0 Å². The number of piperidine rings is 1. The Labute approximate surface area is 198 Å². The van der Waals surface area contributed by atoms with Crippen molar-refractivity contribution < 1.29 is 9.59 Å². The van der Waals surface area contributed by atoms with E-state index in [9.17, 15) is 9.59 Å². The fraction of sp³-hybridized carbons (Fsp3) is 0.346. The monoisotopic (exact) mass is 460 g/mol. The second kappa shape index (κ2) is 9.45. The average Bonchev–Trinajstić information content (AvgIpc) is 3.43. The second-order valence-electron chi connectivity index (χ2n) is 8.77. The highest BCUT2D eigenvalue weighted by Gasteiger charge is 2.57. The molecule has 33 heavy (non-hydrogen) atoms. The largest absolute Gasteiger partial charge is 0.328 e. The van der Waals surface area contributed by atoms with Crippen molar-refractivity contribution in [1.82, 2.24) is 19.7 Å². The Balaban J connectivity index is 1.36. The number of benzene rings is 1. The summed E-state index contributed by atoms with van der Waals surface area (Å²) in [5.41, 5.74) is 1.15. The van der Waals surface area contributed by atoms with E-state index in [-0.39, 0.29) is 18.5 Å². The van der Waals surface area contributed by atoms with Gasteiger partial charge in [0.25, 0.3) is 5.91 Å². The molecule has 5 rings (SSSR count). The van der Waals surface area contributed by atoms with E-state index < -0.39 is 5.54 Å². The van der Waals surface area contributed by atoms with Crippen LogP contribution in [0.4, 0.5) is 4.79 Å². The first-order valence-corrected chi connectivity index (χ1v) is 12.4. The molecule has 2 aliphatic heterocycles. The molecule has 6 nitrogen and oxygen atoms in total. The molecule has 0 aliphatic carbocycles. The standard InChI is InChI=1S/C26H28N4O2S/c31-24-26(12-16-28(17-13-26)20-23-10-6-18-33-23)30(15-11-21-7-2-1-3-8-21)25(32)29(24)19-22-9-4-5-14-27-22/h1-10,14,18H,11-13,15-17,19-20H2. The van der Waals surface area contributed by atoms with E-state index >= 15 is 0 Å². The molecule has 2 aliphatic rings. The molecule has 0 unspecified atom stereocenters. The molecule has 0 atom stereocenters. The van der Waals surface area contributed by atoms with E-state index in [4.69, 9.17) is 0 Å². The minimum Gasteiger partial charge on any atom is -0.309 e. The van der Waals surface area contributed by atoms with Gasteiger partial charge in [-0.2, -0.15) is 0 Å². The predicted octanol–water partition coefficient (Wildman–Crippen LogP) is 4.18. The number of rotatable bonds is 7. The molecule has 3 amide bonds. The van der Waals surface area contributed by atoms with Crippen molar-refractivity contribution in [3.05, 3.63) is 88.4 Å². The number of nitrogens with zero attached hydrogens (tertiary/aromatic N) is 4. The summed E-state index contributed by atoms with van der Waals surface area (Å²) in [6.45, 7) is 3.27. The third kappa shape index (κ3) is 4.43. The molecular formula is C26H28N4O2S. The number of thiophene rings is 1. The van der Waals surface area contributed by atoms with Crippen molar-refractivity contribution >= 4 is 23.3 Å². The summed E-state index contributed by atoms with van der Waals surface area (Å²) in [7, 11) is 0. The Morgan fingerprint density at radius 1 is 0.909 bits per heavy atom. The SMILES string of the molecule is O=C1N(Cc2ccccn2)C(=O)C2(CCN(Cc3cccs3)CC2)N1CCc1ccccc1. The third-order valence-electron chi connectivity index (χ3n) is 6.78. The van der Waals surface area contributed by atoms with Crippen LogP contribution in [0, 0.1) is 0 Å². The van der Waals surface area contributed by atoms with Gasteiger partial charge in [0.2, 0.25) is 0 Å². The van der Waals surface area contributed by atoms with Gasteiger partial charge in [-0.1, -0.05) is 42.5 Å². The molecule has 2 aromatic heterocycles. The first-order chi connectivity index (χ1) is 16.2. The summed E-state index contributed by atoms with van der Waals surface area (Å²) in [4.78, 5) is 38.7. The number of hydrogen-bond acceptors (Lipinski definition) is 5. The smallest absolute Gasteiger partial charge is 0.309 e. The number of hydrogen-bond donors (Lipinski definition) is 0. The quantitative estimate of drug-likeness (QED) is 0.496. The lowest BCUT2D eigenvalue weighted by Gasteiger charge is -2.42. The molecule has 4 heterocycles. The van der Waals surface area contributed by atoms with Gasteiger partial charge < -0.3 is 4.90 Å². The lowest BCUT2D eigenvalue weighted by atomic mass is 9.85. The second-order valence-corrected chi connectivity index (χ2v) is 9.80. The number of carbonyl (C=O) groups excluding carboxylic acids is 2. The highest BCUT2D eigenvalue weighted by atomic mass is 32.1. The van der Waals surface area contributed by atoms with Crippen LogP contribution in [-0.4, -0.2) is 56.8 Å². The topological polar surface area (TPSA) is 56.8 Å². The van der Waals surface area contributed by atoms with Crippen molar-refractivity contribution in [1.29, 1.82) is 0 Å². The van der Waals surface area contributed by atoms with Crippen LogP contribution in [0.2, 0.25) is 0 Å². The van der Waals surface area contributed by atoms with Crippen molar-refractivity contribution in [2.45, 2.75) is 37.9 Å². The van der Waals surface area contributed by atoms with Gasteiger partial charge in [-0.15, -0.1) is 11.3 Å². The molecule has 1 aromatic carbocycles. The molecule has 2 saturated heterocycles. The molecule has 0 N–H and O–H groups in total. The van der Waals surface area contributed by atoms with Gasteiger partial charge in [-0.3, -0.25) is 19.6 Å². The zero-order valence-electron chi connectivity index (χ0n) is 18.6. The van der Waals surface area contributed by atoms with Crippen LogP contribution < -0.4 is 0 Å². The van der Waals surface area contributed by atoms with Gasteiger partial charge >= 0.3 is 6.03 Å². The van der Waals surface area contributed by atoms with E-state index in [2.05, 4.69) is 39.5 Å². The van der Waals surface area contributed by atoms with Crippen LogP contribution in [0.15, 0.2) is 72.2 Å². The zero-order chi connectivity index (χ0) is 22.7. The van der Waals surface area contributed by atoms with Gasteiger partial charge in [0, 0.05) is 37.3 Å². The minimum atomic E-state index is -0.757. The van der Waals surface area contributed by atoms with Gasteiger partial charge in [0.1, 0.15) is 5.54 Å². The maximum absolute atomic E-state index is 13.8. The first-order valence-electron chi connectivity index (χ1n) is 11.5. The van der Waals surface area contributed by atoms with E-state index in [1.165, 1.54) is 15.3 Å². The number of imide groups is 1. The summed E-state index contributed by atoms with van der Waals surface area (Å²) >= 11 is 1.76. The van der Waals surface area contributed by atoms with Crippen molar-refractivity contribution in [3.63, 3.8) is 0 Å². The number of carbonyl (C=O) groups is 2. The molecule has 2 fully saturated rings. The third-order valence-corrected chi connectivity index (χ3v) is 7.64. The van der Waals surface area contributed by atoms with Gasteiger partial charge in [0.05, 0.1) is 12.2 Å². The maximum Gasteiger partial charge on any atom is 0.328 e. The average molecular weight is 461 g/mol. The highest BCUT2D eigenvalue weighted by Crippen LogP contribution is 2.38. The van der Waals surface area contributed by atoms with E-state index in [0.29, 0.717) is 19.4 Å². The predicted molar refractivity (Wildman–Crippen MR) is 129 cm³/mol. The van der Waals surface area contributed by atoms with E-state index in [0.717, 1.165) is 31.7 Å². The molecular weight excluding hydrogens is 432 g/mol. The fourth-order valence-corrected chi connectivity index (χ4v) is 5.70. The molecule has 3 aromatic rings.